The van der Waals surface area contributed by atoms with E-state index in [1.165, 1.54) is 64.2 Å². The molecule has 1 aromatic carbocycles. The minimum Gasteiger partial charge on any atom is -0.462 e. The molecular weight excluding hydrogens is 585 g/mol. The third-order valence-corrected chi connectivity index (χ3v) is 9.91. The molecule has 2 rings (SSSR count). The molecule has 1 unspecified atom stereocenters. The van der Waals surface area contributed by atoms with E-state index in [-0.39, 0.29) is 11.2 Å². The van der Waals surface area contributed by atoms with Crippen LogP contribution in [0, 0.1) is 5.41 Å². The highest BCUT2D eigenvalue weighted by Crippen LogP contribution is 2.40. The maximum atomic E-state index is 11.1. The molecule has 0 spiro atoms. The predicted molar refractivity (Wildman–Crippen MR) is 182 cm³/mol. The van der Waals surface area contributed by atoms with E-state index < -0.39 is 5.60 Å². The fourth-order valence-corrected chi connectivity index (χ4v) is 7.62. The molecule has 0 aliphatic carbocycles. The number of hydrogen-bond donors (Lipinski definition) is 3. The molecule has 0 radical (unpaired) electrons. The second-order valence-corrected chi connectivity index (χ2v) is 14.8. The van der Waals surface area contributed by atoms with Crippen LogP contribution < -0.4 is 11.1 Å². The average Bonchev–Trinajstić information content (AvgIpc) is 3.38. The summed E-state index contributed by atoms with van der Waals surface area (Å²) in [5, 5.41) is 18.5. The van der Waals surface area contributed by atoms with Crippen LogP contribution in [0.2, 0.25) is 0 Å². The minimum absolute atomic E-state index is 0.0477. The molecule has 4 N–H and O–H groups in total. The Balaban J connectivity index is 1.85. The second-order valence-electron chi connectivity index (χ2n) is 11.3. The van der Waals surface area contributed by atoms with E-state index in [0.717, 1.165) is 26.1 Å². The topological polar surface area (TPSA) is 119 Å². The van der Waals surface area contributed by atoms with E-state index in [1.54, 1.807) is 23.5 Å². The molecule has 42 heavy (non-hydrogen) atoms. The van der Waals surface area contributed by atoms with Gasteiger partial charge in [0.05, 0.1) is 12.2 Å². The highest BCUT2D eigenvalue weighted by molar-refractivity contribution is 8.47. The number of guanidine groups is 1. The summed E-state index contributed by atoms with van der Waals surface area (Å²) in [6.45, 7) is 7.84. The van der Waals surface area contributed by atoms with E-state index >= 15 is 0 Å². The SMILES string of the molecule is CCCCCCCCCCCCSC(=S)SC(CC(C)(C)OC=O)c1ccc(Cn2cc(CCNC(=N)N)nn2)cc1. The monoisotopic (exact) mass is 634 g/mol. The van der Waals surface area contributed by atoms with Gasteiger partial charge in [0.2, 0.25) is 0 Å². The number of hydrogen-bond acceptors (Lipinski definition) is 8. The number of benzene rings is 1. The van der Waals surface area contributed by atoms with Gasteiger partial charge >= 0.3 is 0 Å². The van der Waals surface area contributed by atoms with Crippen molar-refractivity contribution >= 4 is 51.7 Å². The van der Waals surface area contributed by atoms with Crippen LogP contribution in [0.1, 0.15) is 113 Å². The second kappa shape index (κ2) is 20.7. The number of carbonyl (C=O) groups is 1. The van der Waals surface area contributed by atoms with E-state index in [0.29, 0.717) is 32.4 Å². The number of carbonyl (C=O) groups excluding carboxylic acids is 1. The van der Waals surface area contributed by atoms with Crippen molar-refractivity contribution in [1.29, 1.82) is 5.41 Å². The first-order valence-electron chi connectivity index (χ1n) is 15.2. The Morgan fingerprint density at radius 2 is 1.76 bits per heavy atom. The van der Waals surface area contributed by atoms with Gasteiger partial charge in [0.1, 0.15) is 9.13 Å². The van der Waals surface area contributed by atoms with Crippen LogP contribution in [0.5, 0.6) is 0 Å². The van der Waals surface area contributed by atoms with Crippen LogP contribution in [-0.4, -0.2) is 48.9 Å². The zero-order chi connectivity index (χ0) is 30.6. The van der Waals surface area contributed by atoms with Gasteiger partial charge in [-0.15, -0.1) is 16.9 Å². The largest absolute Gasteiger partial charge is 0.462 e. The number of thioether (sulfide) groups is 2. The standard InChI is InChI=1S/C31H50N6O2S3/c1-4-5-6-7-8-9-10-11-12-13-20-41-30(40)42-28(21-31(2,3)39-24-38)26-16-14-25(15-17-26)22-37-23-27(35-36-37)18-19-34-29(32)33/h14-17,23-24,28H,4-13,18-22H2,1-3H3,(H4,32,33,34). The number of nitrogens with two attached hydrogens (primary N) is 1. The first-order chi connectivity index (χ1) is 20.2. The molecule has 1 heterocycles. The van der Waals surface area contributed by atoms with Crippen molar-refractivity contribution in [1.82, 2.24) is 20.3 Å². The van der Waals surface area contributed by atoms with Gasteiger partial charge in [-0.25, -0.2) is 4.68 Å². The summed E-state index contributed by atoms with van der Waals surface area (Å²) in [5.74, 6) is 1.00. The van der Waals surface area contributed by atoms with Crippen molar-refractivity contribution in [3.8, 4) is 0 Å². The number of rotatable bonds is 22. The summed E-state index contributed by atoms with van der Waals surface area (Å²) >= 11 is 9.26. The van der Waals surface area contributed by atoms with Crippen molar-refractivity contribution in [3.05, 3.63) is 47.3 Å². The van der Waals surface area contributed by atoms with E-state index in [2.05, 4.69) is 46.8 Å². The molecule has 0 amide bonds. The summed E-state index contributed by atoms with van der Waals surface area (Å²) in [6.07, 6.45) is 16.5. The Bertz CT molecular complexity index is 1060. The third-order valence-electron chi connectivity index (χ3n) is 6.98. The highest BCUT2D eigenvalue weighted by Gasteiger charge is 2.27. The first-order valence-corrected chi connectivity index (χ1v) is 17.5. The Labute approximate surface area is 266 Å². The Kier molecular flexibility index (Phi) is 17.8. The lowest BCUT2D eigenvalue weighted by Crippen LogP contribution is -2.31. The lowest BCUT2D eigenvalue weighted by molar-refractivity contribution is -0.140. The number of thiocarbonyl (C=S) groups is 1. The molecule has 0 fully saturated rings. The Morgan fingerprint density at radius 3 is 2.38 bits per heavy atom. The molecule has 0 saturated heterocycles. The van der Waals surface area contributed by atoms with E-state index in [9.17, 15) is 4.79 Å². The average molecular weight is 635 g/mol. The number of nitrogens with zero attached hydrogens (tertiary/aromatic N) is 3. The highest BCUT2D eigenvalue weighted by atomic mass is 32.2. The van der Waals surface area contributed by atoms with Crippen LogP contribution in [0.25, 0.3) is 0 Å². The fraction of sp³-hybridized carbons (Fsp3) is 0.645. The van der Waals surface area contributed by atoms with E-state index in [1.807, 2.05) is 24.7 Å². The molecule has 0 aliphatic heterocycles. The molecule has 2 aromatic rings. The third kappa shape index (κ3) is 15.9. The van der Waals surface area contributed by atoms with Gasteiger partial charge < -0.3 is 15.8 Å². The number of unbranched alkanes of at least 4 members (excludes halogenated alkanes) is 9. The van der Waals surface area contributed by atoms with Crippen molar-refractivity contribution in [2.45, 2.75) is 115 Å². The zero-order valence-electron chi connectivity index (χ0n) is 25.6. The van der Waals surface area contributed by atoms with Crippen LogP contribution in [0.3, 0.4) is 0 Å². The summed E-state index contributed by atoms with van der Waals surface area (Å²) in [5.41, 5.74) is 7.85. The van der Waals surface area contributed by atoms with Crippen LogP contribution in [0.15, 0.2) is 30.5 Å². The summed E-state index contributed by atoms with van der Waals surface area (Å²) in [4.78, 5) is 11.1. The van der Waals surface area contributed by atoms with Crippen molar-refractivity contribution < 1.29 is 9.53 Å². The van der Waals surface area contributed by atoms with Gasteiger partial charge in [0.15, 0.2) is 5.96 Å². The Hall–Kier alpha value is -2.11. The number of nitrogens with one attached hydrogen (secondary N) is 2. The van der Waals surface area contributed by atoms with Crippen molar-refractivity contribution in [2.24, 2.45) is 5.73 Å². The number of ether oxygens (including phenoxy) is 1. The van der Waals surface area contributed by atoms with Gasteiger partial charge in [-0.1, -0.05) is 118 Å². The lowest BCUT2D eigenvalue weighted by atomic mass is 9.97. The van der Waals surface area contributed by atoms with Gasteiger partial charge in [-0.2, -0.15) is 0 Å². The van der Waals surface area contributed by atoms with Gasteiger partial charge in [0, 0.05) is 30.8 Å². The molecule has 0 bridgehead atoms. The van der Waals surface area contributed by atoms with Crippen LogP contribution >= 0.6 is 35.7 Å². The molecule has 234 valence electrons. The predicted octanol–water partition coefficient (Wildman–Crippen LogP) is 7.41. The quantitative estimate of drug-likeness (QED) is 0.0400. The normalized spacial score (nSPS) is 12.2. The first kappa shape index (κ1) is 36.1. The maximum Gasteiger partial charge on any atom is 0.293 e. The van der Waals surface area contributed by atoms with Crippen LogP contribution in [0.4, 0.5) is 0 Å². The minimum atomic E-state index is -0.594. The lowest BCUT2D eigenvalue weighted by Gasteiger charge is -2.28. The summed E-state index contributed by atoms with van der Waals surface area (Å²) < 4.78 is 8.15. The van der Waals surface area contributed by atoms with Gasteiger partial charge in [-0.3, -0.25) is 10.2 Å². The fourth-order valence-electron chi connectivity index (χ4n) is 4.63. The maximum absolute atomic E-state index is 11.1. The van der Waals surface area contributed by atoms with Crippen molar-refractivity contribution in [2.75, 3.05) is 12.3 Å². The molecule has 8 nitrogen and oxygen atoms in total. The molecule has 1 aromatic heterocycles. The molecular formula is C31H50N6O2S3. The zero-order valence-corrected chi connectivity index (χ0v) is 28.1. The Morgan fingerprint density at radius 1 is 1.12 bits per heavy atom. The van der Waals surface area contributed by atoms with E-state index in [4.69, 9.17) is 28.1 Å². The summed E-state index contributed by atoms with van der Waals surface area (Å²) in [7, 11) is 0. The molecule has 0 saturated carbocycles. The molecule has 0 aliphatic rings. The summed E-state index contributed by atoms with van der Waals surface area (Å²) in [6, 6.07) is 8.48. The van der Waals surface area contributed by atoms with Gasteiger partial charge in [-0.05, 0) is 37.1 Å². The van der Waals surface area contributed by atoms with Crippen molar-refractivity contribution in [3.63, 3.8) is 0 Å². The van der Waals surface area contributed by atoms with Crippen LogP contribution in [-0.2, 0) is 22.5 Å². The molecule has 1 atom stereocenters. The smallest absolute Gasteiger partial charge is 0.293 e. The number of aromatic nitrogens is 3. The van der Waals surface area contributed by atoms with Gasteiger partial charge in [0.25, 0.3) is 6.47 Å². The molecule has 11 heteroatoms.